The SMILES string of the molecule is CC(Cn1cccn1)Nc1cc(Br)c(F)cc1N. The molecule has 1 aromatic heterocycles. The van der Waals surface area contributed by atoms with Crippen LogP contribution in [0.2, 0.25) is 0 Å². The number of nitrogens with one attached hydrogen (secondary N) is 1. The molecule has 0 amide bonds. The highest BCUT2D eigenvalue weighted by molar-refractivity contribution is 9.10. The fraction of sp³-hybridized carbons (Fsp3) is 0.250. The Kier molecular flexibility index (Phi) is 3.86. The molecule has 1 unspecified atom stereocenters. The van der Waals surface area contributed by atoms with E-state index in [1.54, 1.807) is 12.3 Å². The summed E-state index contributed by atoms with van der Waals surface area (Å²) < 4.78 is 15.5. The van der Waals surface area contributed by atoms with Gasteiger partial charge in [-0.3, -0.25) is 4.68 Å². The molecule has 2 aromatic rings. The minimum Gasteiger partial charge on any atom is -0.397 e. The number of hydrogen-bond acceptors (Lipinski definition) is 3. The molecule has 0 aliphatic rings. The van der Waals surface area contributed by atoms with Gasteiger partial charge in [0.15, 0.2) is 0 Å². The Labute approximate surface area is 113 Å². The number of nitrogens with zero attached hydrogens (tertiary/aromatic N) is 2. The van der Waals surface area contributed by atoms with Gasteiger partial charge in [-0.25, -0.2) is 4.39 Å². The summed E-state index contributed by atoms with van der Waals surface area (Å²) in [5, 5.41) is 7.36. The van der Waals surface area contributed by atoms with E-state index in [4.69, 9.17) is 5.73 Å². The maximum atomic E-state index is 13.2. The van der Waals surface area contributed by atoms with Crippen molar-refractivity contribution in [1.29, 1.82) is 0 Å². The van der Waals surface area contributed by atoms with Crippen molar-refractivity contribution in [3.05, 3.63) is 40.9 Å². The molecule has 1 heterocycles. The number of nitrogens with two attached hydrogens (primary N) is 1. The Morgan fingerprint density at radius 3 is 3.00 bits per heavy atom. The quantitative estimate of drug-likeness (QED) is 0.854. The fourth-order valence-corrected chi connectivity index (χ4v) is 2.03. The highest BCUT2D eigenvalue weighted by atomic mass is 79.9. The number of anilines is 2. The highest BCUT2D eigenvalue weighted by Crippen LogP contribution is 2.27. The summed E-state index contributed by atoms with van der Waals surface area (Å²) in [5.74, 6) is -0.363. The molecule has 0 aliphatic carbocycles. The van der Waals surface area contributed by atoms with E-state index < -0.39 is 0 Å². The lowest BCUT2D eigenvalue weighted by atomic mass is 10.2. The summed E-state index contributed by atoms with van der Waals surface area (Å²) in [6.45, 7) is 2.72. The van der Waals surface area contributed by atoms with Crippen LogP contribution in [0.15, 0.2) is 35.1 Å². The van der Waals surface area contributed by atoms with Crippen molar-refractivity contribution in [3.8, 4) is 0 Å². The molecule has 6 heteroatoms. The van der Waals surface area contributed by atoms with E-state index in [9.17, 15) is 4.39 Å². The van der Waals surface area contributed by atoms with E-state index in [-0.39, 0.29) is 11.9 Å². The second kappa shape index (κ2) is 5.39. The topological polar surface area (TPSA) is 55.9 Å². The van der Waals surface area contributed by atoms with Crippen LogP contribution in [0.3, 0.4) is 0 Å². The molecule has 0 radical (unpaired) electrons. The predicted octanol–water partition coefficient (Wildman–Crippen LogP) is 2.87. The molecule has 0 bridgehead atoms. The molecular formula is C12H14BrFN4. The summed E-state index contributed by atoms with van der Waals surface area (Å²) in [5.41, 5.74) is 6.87. The van der Waals surface area contributed by atoms with Crippen molar-refractivity contribution >= 4 is 27.3 Å². The Morgan fingerprint density at radius 2 is 2.33 bits per heavy atom. The van der Waals surface area contributed by atoms with Gasteiger partial charge in [0.25, 0.3) is 0 Å². The van der Waals surface area contributed by atoms with Crippen molar-refractivity contribution in [1.82, 2.24) is 9.78 Å². The molecule has 1 atom stereocenters. The standard InChI is InChI=1S/C12H14BrFN4/c1-8(7-18-4-2-3-16-18)17-12-5-9(13)10(14)6-11(12)15/h2-6,8,17H,7,15H2,1H3. The van der Waals surface area contributed by atoms with Crippen LogP contribution in [0, 0.1) is 5.82 Å². The first-order valence-corrected chi connectivity index (χ1v) is 6.34. The summed E-state index contributed by atoms with van der Waals surface area (Å²) in [7, 11) is 0. The van der Waals surface area contributed by atoms with Crippen molar-refractivity contribution in [2.24, 2.45) is 0 Å². The second-order valence-electron chi connectivity index (χ2n) is 4.13. The van der Waals surface area contributed by atoms with Gasteiger partial charge in [-0.05, 0) is 35.0 Å². The third-order valence-corrected chi connectivity index (χ3v) is 3.12. The van der Waals surface area contributed by atoms with Crippen LogP contribution < -0.4 is 11.1 Å². The van der Waals surface area contributed by atoms with E-state index in [1.807, 2.05) is 23.9 Å². The van der Waals surface area contributed by atoms with Crippen LogP contribution in [0.25, 0.3) is 0 Å². The summed E-state index contributed by atoms with van der Waals surface area (Å²) >= 11 is 3.14. The van der Waals surface area contributed by atoms with Gasteiger partial charge in [0.05, 0.1) is 22.4 Å². The zero-order valence-corrected chi connectivity index (χ0v) is 11.5. The number of hydrogen-bond donors (Lipinski definition) is 2. The van der Waals surface area contributed by atoms with Gasteiger partial charge in [0, 0.05) is 24.5 Å². The van der Waals surface area contributed by atoms with Gasteiger partial charge in [0.1, 0.15) is 5.82 Å². The Bertz CT molecular complexity index is 527. The van der Waals surface area contributed by atoms with E-state index in [1.165, 1.54) is 6.07 Å². The normalized spacial score (nSPS) is 12.4. The number of benzene rings is 1. The van der Waals surface area contributed by atoms with Crippen molar-refractivity contribution in [2.75, 3.05) is 11.1 Å². The van der Waals surface area contributed by atoms with E-state index in [0.717, 1.165) is 0 Å². The Balaban J connectivity index is 2.07. The van der Waals surface area contributed by atoms with Crippen LogP contribution in [0.1, 0.15) is 6.92 Å². The summed E-state index contributed by atoms with van der Waals surface area (Å²) in [6, 6.07) is 4.94. The van der Waals surface area contributed by atoms with E-state index >= 15 is 0 Å². The minimum atomic E-state index is -0.363. The van der Waals surface area contributed by atoms with Gasteiger partial charge in [-0.1, -0.05) is 0 Å². The largest absolute Gasteiger partial charge is 0.397 e. The van der Waals surface area contributed by atoms with Crippen LogP contribution >= 0.6 is 15.9 Å². The average Bonchev–Trinajstić information content (AvgIpc) is 2.78. The number of nitrogen functional groups attached to an aromatic ring is 1. The van der Waals surface area contributed by atoms with E-state index in [2.05, 4.69) is 26.3 Å². The zero-order chi connectivity index (χ0) is 13.1. The van der Waals surface area contributed by atoms with Crippen molar-refractivity contribution in [3.63, 3.8) is 0 Å². The van der Waals surface area contributed by atoms with Gasteiger partial charge < -0.3 is 11.1 Å². The lowest BCUT2D eigenvalue weighted by Gasteiger charge is -2.17. The number of aromatic nitrogens is 2. The van der Waals surface area contributed by atoms with Crippen LogP contribution in [0.4, 0.5) is 15.8 Å². The molecule has 4 nitrogen and oxygen atoms in total. The van der Waals surface area contributed by atoms with Crippen LogP contribution in [-0.2, 0) is 6.54 Å². The smallest absolute Gasteiger partial charge is 0.139 e. The van der Waals surface area contributed by atoms with Gasteiger partial charge >= 0.3 is 0 Å². The minimum absolute atomic E-state index is 0.129. The maximum Gasteiger partial charge on any atom is 0.139 e. The average molecular weight is 313 g/mol. The van der Waals surface area contributed by atoms with Crippen LogP contribution in [0.5, 0.6) is 0 Å². The van der Waals surface area contributed by atoms with Crippen molar-refractivity contribution < 1.29 is 4.39 Å². The second-order valence-corrected chi connectivity index (χ2v) is 4.98. The molecule has 96 valence electrons. The van der Waals surface area contributed by atoms with Gasteiger partial charge in [-0.15, -0.1) is 0 Å². The molecule has 18 heavy (non-hydrogen) atoms. The van der Waals surface area contributed by atoms with Gasteiger partial charge in [-0.2, -0.15) is 5.10 Å². The predicted molar refractivity (Wildman–Crippen MR) is 73.8 cm³/mol. The molecule has 3 N–H and O–H groups in total. The summed E-state index contributed by atoms with van der Waals surface area (Å²) in [4.78, 5) is 0. The molecule has 0 aliphatic heterocycles. The number of halogens is 2. The maximum absolute atomic E-state index is 13.2. The van der Waals surface area contributed by atoms with Crippen LogP contribution in [-0.4, -0.2) is 15.8 Å². The fourth-order valence-electron chi connectivity index (χ4n) is 1.69. The van der Waals surface area contributed by atoms with E-state index in [0.29, 0.717) is 22.4 Å². The van der Waals surface area contributed by atoms with Gasteiger partial charge in [0.2, 0.25) is 0 Å². The molecule has 0 fully saturated rings. The Hall–Kier alpha value is -1.56. The van der Waals surface area contributed by atoms with Crippen molar-refractivity contribution in [2.45, 2.75) is 19.5 Å². The lowest BCUT2D eigenvalue weighted by molar-refractivity contribution is 0.560. The monoisotopic (exact) mass is 312 g/mol. The Morgan fingerprint density at radius 1 is 1.56 bits per heavy atom. The molecule has 2 rings (SSSR count). The summed E-state index contributed by atoms with van der Waals surface area (Å²) in [6.07, 6.45) is 3.62. The molecule has 0 saturated carbocycles. The highest BCUT2D eigenvalue weighted by Gasteiger charge is 2.09. The molecular weight excluding hydrogens is 299 g/mol. The number of rotatable bonds is 4. The zero-order valence-electron chi connectivity index (χ0n) is 9.90. The third-order valence-electron chi connectivity index (χ3n) is 2.51. The molecule has 0 spiro atoms. The molecule has 1 aromatic carbocycles. The molecule has 0 saturated heterocycles. The first kappa shape index (κ1) is 12.9. The third kappa shape index (κ3) is 3.01. The first-order valence-electron chi connectivity index (χ1n) is 5.54. The lowest BCUT2D eigenvalue weighted by Crippen LogP contribution is -2.22. The first-order chi connectivity index (χ1) is 8.56.